The second-order valence-corrected chi connectivity index (χ2v) is 7.65. The van der Waals surface area contributed by atoms with E-state index in [0.717, 1.165) is 6.42 Å². The molecule has 3 atom stereocenters. The molecule has 1 aliphatic rings. The van der Waals surface area contributed by atoms with E-state index in [-0.39, 0.29) is 30.1 Å². The predicted molar refractivity (Wildman–Crippen MR) is 98.4 cm³/mol. The number of carbonyl (C=O) groups excluding carboxylic acids is 1. The van der Waals surface area contributed by atoms with Crippen molar-refractivity contribution in [2.24, 2.45) is 11.8 Å². The number of aliphatic carboxylic acids is 1. The van der Waals surface area contributed by atoms with Gasteiger partial charge in [0.15, 0.2) is 0 Å². The van der Waals surface area contributed by atoms with Crippen molar-refractivity contribution < 1.29 is 14.7 Å². The van der Waals surface area contributed by atoms with E-state index >= 15 is 0 Å². The zero-order valence-corrected chi connectivity index (χ0v) is 15.0. The van der Waals surface area contributed by atoms with E-state index < -0.39 is 11.5 Å². The van der Waals surface area contributed by atoms with Crippen molar-refractivity contribution >= 4 is 22.6 Å². The summed E-state index contributed by atoms with van der Waals surface area (Å²) in [5.74, 6) is -0.736. The molecule has 2 aromatic carbocycles. The fraction of sp³-hybridized carbons (Fsp3) is 0.429. The van der Waals surface area contributed by atoms with Crippen molar-refractivity contribution in [2.45, 2.75) is 45.1 Å². The van der Waals surface area contributed by atoms with Gasteiger partial charge in [-0.2, -0.15) is 0 Å². The van der Waals surface area contributed by atoms with Crippen molar-refractivity contribution in [2.75, 3.05) is 0 Å². The predicted octanol–water partition coefficient (Wildman–Crippen LogP) is 3.95. The van der Waals surface area contributed by atoms with Crippen molar-refractivity contribution in [3.63, 3.8) is 0 Å². The third-order valence-electron chi connectivity index (χ3n) is 5.55. The fourth-order valence-electron chi connectivity index (χ4n) is 3.48. The van der Waals surface area contributed by atoms with Crippen LogP contribution in [0.2, 0.25) is 0 Å². The lowest BCUT2D eigenvalue weighted by Gasteiger charge is -2.33. The molecule has 132 valence electrons. The Morgan fingerprint density at radius 3 is 2.56 bits per heavy atom. The summed E-state index contributed by atoms with van der Waals surface area (Å²) in [4.78, 5) is 23.9. The minimum atomic E-state index is -0.891. The monoisotopic (exact) mass is 339 g/mol. The van der Waals surface area contributed by atoms with Gasteiger partial charge in [-0.15, -0.1) is 0 Å². The van der Waals surface area contributed by atoms with Crippen LogP contribution in [0.5, 0.6) is 0 Å². The Balaban J connectivity index is 1.76. The molecule has 0 heterocycles. The van der Waals surface area contributed by atoms with Gasteiger partial charge in [0, 0.05) is 11.5 Å². The number of carbonyl (C=O) groups is 2. The molecule has 0 bridgehead atoms. The third kappa shape index (κ3) is 3.53. The molecule has 0 spiro atoms. The smallest absolute Gasteiger partial charge is 0.305 e. The highest BCUT2D eigenvalue weighted by Gasteiger charge is 2.46. The number of hydrogen-bond donors (Lipinski definition) is 2. The van der Waals surface area contributed by atoms with Crippen LogP contribution in [0.3, 0.4) is 0 Å². The molecule has 2 aromatic rings. The average molecular weight is 339 g/mol. The van der Waals surface area contributed by atoms with Crippen LogP contribution in [-0.4, -0.2) is 22.5 Å². The summed E-state index contributed by atoms with van der Waals surface area (Å²) in [5.41, 5.74) is 0.483. The van der Waals surface area contributed by atoms with Gasteiger partial charge in [0.05, 0.1) is 6.42 Å². The summed E-state index contributed by atoms with van der Waals surface area (Å²) in [7, 11) is 0. The van der Waals surface area contributed by atoms with Gasteiger partial charge in [0.1, 0.15) is 0 Å². The van der Waals surface area contributed by atoms with E-state index in [0.29, 0.717) is 0 Å². The molecule has 1 aliphatic carbocycles. The molecule has 0 aliphatic heterocycles. The SMILES string of the molecule is CC(C)C(C)(CC(=O)O)NC(=O)C1CC1c1cccc2ccccc12. The molecule has 1 amide bonds. The molecule has 4 nitrogen and oxygen atoms in total. The average Bonchev–Trinajstić information content (AvgIpc) is 3.34. The van der Waals surface area contributed by atoms with Crippen molar-refractivity contribution in [3.05, 3.63) is 48.0 Å². The quantitative estimate of drug-likeness (QED) is 0.837. The molecule has 1 saturated carbocycles. The first-order valence-corrected chi connectivity index (χ1v) is 8.83. The maximum absolute atomic E-state index is 12.7. The Kier molecular flexibility index (Phi) is 4.55. The molecule has 1 fully saturated rings. The maximum atomic E-state index is 12.7. The van der Waals surface area contributed by atoms with Crippen LogP contribution < -0.4 is 5.32 Å². The highest BCUT2D eigenvalue weighted by Crippen LogP contribution is 2.49. The summed E-state index contributed by atoms with van der Waals surface area (Å²) in [6, 6.07) is 14.4. The molecule has 25 heavy (non-hydrogen) atoms. The molecule has 3 unspecified atom stereocenters. The van der Waals surface area contributed by atoms with E-state index in [9.17, 15) is 9.59 Å². The highest BCUT2D eigenvalue weighted by molar-refractivity contribution is 5.90. The molecule has 0 aromatic heterocycles. The zero-order valence-electron chi connectivity index (χ0n) is 15.0. The maximum Gasteiger partial charge on any atom is 0.305 e. The van der Waals surface area contributed by atoms with Crippen molar-refractivity contribution in [3.8, 4) is 0 Å². The van der Waals surface area contributed by atoms with Crippen LogP contribution in [0.1, 0.15) is 45.1 Å². The molecule has 0 radical (unpaired) electrons. The largest absolute Gasteiger partial charge is 0.481 e. The number of hydrogen-bond acceptors (Lipinski definition) is 2. The number of nitrogens with one attached hydrogen (secondary N) is 1. The van der Waals surface area contributed by atoms with Crippen LogP contribution in [0.4, 0.5) is 0 Å². The number of amides is 1. The number of carboxylic acids is 1. The number of fused-ring (bicyclic) bond motifs is 1. The number of benzene rings is 2. The third-order valence-corrected chi connectivity index (χ3v) is 5.55. The fourth-order valence-corrected chi connectivity index (χ4v) is 3.48. The summed E-state index contributed by atoms with van der Waals surface area (Å²) in [6.07, 6.45) is 0.753. The van der Waals surface area contributed by atoms with Gasteiger partial charge in [-0.3, -0.25) is 9.59 Å². The van der Waals surface area contributed by atoms with Gasteiger partial charge in [-0.1, -0.05) is 56.3 Å². The lowest BCUT2D eigenvalue weighted by atomic mass is 9.85. The zero-order chi connectivity index (χ0) is 18.2. The molecule has 2 N–H and O–H groups in total. The normalized spacial score (nSPS) is 21.8. The van der Waals surface area contributed by atoms with Gasteiger partial charge < -0.3 is 10.4 Å². The first kappa shape index (κ1) is 17.5. The van der Waals surface area contributed by atoms with Crippen molar-refractivity contribution in [1.82, 2.24) is 5.32 Å². The summed E-state index contributed by atoms with van der Waals surface area (Å²) in [6.45, 7) is 5.70. The molecule has 0 saturated heterocycles. The highest BCUT2D eigenvalue weighted by atomic mass is 16.4. The van der Waals surface area contributed by atoms with Gasteiger partial charge in [0.2, 0.25) is 5.91 Å². The lowest BCUT2D eigenvalue weighted by Crippen LogP contribution is -2.51. The Labute approximate surface area is 148 Å². The number of rotatable bonds is 6. The molecule has 3 rings (SSSR count). The first-order chi connectivity index (χ1) is 11.8. The van der Waals surface area contributed by atoms with Crippen molar-refractivity contribution in [1.29, 1.82) is 0 Å². The summed E-state index contributed by atoms with van der Waals surface area (Å²) >= 11 is 0. The molecular formula is C21H25NO3. The summed E-state index contributed by atoms with van der Waals surface area (Å²) < 4.78 is 0. The van der Waals surface area contributed by atoms with E-state index in [1.54, 1.807) is 0 Å². The second-order valence-electron chi connectivity index (χ2n) is 7.65. The van der Waals surface area contributed by atoms with Gasteiger partial charge in [-0.05, 0) is 41.5 Å². The Bertz CT molecular complexity index is 808. The minimum Gasteiger partial charge on any atom is -0.481 e. The van der Waals surface area contributed by atoms with E-state index in [4.69, 9.17) is 5.11 Å². The van der Waals surface area contributed by atoms with Gasteiger partial charge in [-0.25, -0.2) is 0 Å². The first-order valence-electron chi connectivity index (χ1n) is 8.83. The van der Waals surface area contributed by atoms with Crippen LogP contribution in [0.15, 0.2) is 42.5 Å². The Morgan fingerprint density at radius 1 is 1.20 bits per heavy atom. The summed E-state index contributed by atoms with van der Waals surface area (Å²) in [5, 5.41) is 14.6. The minimum absolute atomic E-state index is 0.0321. The van der Waals surface area contributed by atoms with Crippen LogP contribution in [0, 0.1) is 11.8 Å². The Hall–Kier alpha value is -2.36. The standard InChI is InChI=1S/C21H25NO3/c1-13(2)21(3,12-19(23)24)22-20(25)18-11-17(18)16-10-6-8-14-7-4-5-9-15(14)16/h4-10,13,17-18H,11-12H2,1-3H3,(H,22,25)(H,23,24). The topological polar surface area (TPSA) is 66.4 Å². The lowest BCUT2D eigenvalue weighted by molar-refractivity contribution is -0.139. The van der Waals surface area contributed by atoms with Gasteiger partial charge >= 0.3 is 5.97 Å². The molecule has 4 heteroatoms. The van der Waals surface area contributed by atoms with E-state index in [2.05, 4.69) is 29.6 Å². The number of carboxylic acid groups (broad SMARTS) is 1. The van der Waals surface area contributed by atoms with Crippen LogP contribution >= 0.6 is 0 Å². The van der Waals surface area contributed by atoms with Crippen LogP contribution in [-0.2, 0) is 9.59 Å². The second kappa shape index (κ2) is 6.51. The molecular weight excluding hydrogens is 314 g/mol. The Morgan fingerprint density at radius 2 is 1.88 bits per heavy atom. The van der Waals surface area contributed by atoms with E-state index in [1.807, 2.05) is 39.0 Å². The van der Waals surface area contributed by atoms with Crippen LogP contribution in [0.25, 0.3) is 10.8 Å². The van der Waals surface area contributed by atoms with E-state index in [1.165, 1.54) is 16.3 Å². The van der Waals surface area contributed by atoms with Gasteiger partial charge in [0.25, 0.3) is 0 Å².